The smallest absolute Gasteiger partial charge is 0.257 e. The monoisotopic (exact) mass is 271 g/mol. The number of hydrogen-bond acceptors (Lipinski definition) is 4. The molecule has 2 N–H and O–H groups in total. The predicted octanol–water partition coefficient (Wildman–Crippen LogP) is 3.63. The van der Waals surface area contributed by atoms with Crippen molar-refractivity contribution in [1.29, 1.82) is 0 Å². The topological polar surface area (TPSA) is 64.9 Å². The fourth-order valence-electron chi connectivity index (χ4n) is 2.89. The Morgan fingerprint density at radius 2 is 1.95 bits per heavy atom. The van der Waals surface area contributed by atoms with E-state index in [4.69, 9.17) is 10.3 Å². The molecule has 4 nitrogen and oxygen atoms in total. The molecule has 2 aromatic rings. The van der Waals surface area contributed by atoms with Crippen molar-refractivity contribution < 1.29 is 4.52 Å². The normalized spacial score (nSPS) is 17.1. The van der Waals surface area contributed by atoms with Crippen LogP contribution in [0.15, 0.2) is 28.8 Å². The average molecular weight is 271 g/mol. The van der Waals surface area contributed by atoms with Gasteiger partial charge in [-0.1, -0.05) is 43.0 Å². The highest BCUT2D eigenvalue weighted by molar-refractivity contribution is 5.54. The quantitative estimate of drug-likeness (QED) is 0.866. The van der Waals surface area contributed by atoms with Gasteiger partial charge in [-0.3, -0.25) is 0 Å². The summed E-state index contributed by atoms with van der Waals surface area (Å²) in [7, 11) is 0. The van der Waals surface area contributed by atoms with Gasteiger partial charge in [0.25, 0.3) is 5.89 Å². The fourth-order valence-corrected chi connectivity index (χ4v) is 2.89. The zero-order valence-electron chi connectivity index (χ0n) is 11.7. The Kier molecular flexibility index (Phi) is 4.11. The van der Waals surface area contributed by atoms with Gasteiger partial charge in [-0.2, -0.15) is 4.98 Å². The van der Waals surface area contributed by atoms with Crippen molar-refractivity contribution in [3.63, 3.8) is 0 Å². The van der Waals surface area contributed by atoms with E-state index in [2.05, 4.69) is 10.1 Å². The van der Waals surface area contributed by atoms with Crippen molar-refractivity contribution >= 4 is 0 Å². The minimum atomic E-state index is 0.465. The molecule has 0 aliphatic heterocycles. The van der Waals surface area contributed by atoms with E-state index in [-0.39, 0.29) is 0 Å². The lowest BCUT2D eigenvalue weighted by Crippen LogP contribution is -1.99. The summed E-state index contributed by atoms with van der Waals surface area (Å²) in [4.78, 5) is 4.60. The van der Waals surface area contributed by atoms with Crippen LogP contribution in [-0.4, -0.2) is 10.1 Å². The molecule has 1 heterocycles. The molecule has 0 amide bonds. The predicted molar refractivity (Wildman–Crippen MR) is 78.1 cm³/mol. The number of nitrogens with two attached hydrogens (primary N) is 1. The first kappa shape index (κ1) is 13.3. The molecule has 1 aliphatic carbocycles. The Labute approximate surface area is 119 Å². The van der Waals surface area contributed by atoms with Crippen LogP contribution in [-0.2, 0) is 6.54 Å². The number of benzene rings is 1. The average Bonchev–Trinajstić information content (AvgIpc) is 2.83. The molecule has 3 rings (SSSR count). The lowest BCUT2D eigenvalue weighted by Gasteiger charge is -2.07. The van der Waals surface area contributed by atoms with E-state index in [9.17, 15) is 0 Å². The summed E-state index contributed by atoms with van der Waals surface area (Å²) in [5.74, 6) is 1.95. The van der Waals surface area contributed by atoms with E-state index in [1.165, 1.54) is 38.5 Å². The molecule has 0 radical (unpaired) electrons. The van der Waals surface area contributed by atoms with Gasteiger partial charge in [0.1, 0.15) is 0 Å². The fraction of sp³-hybridized carbons (Fsp3) is 0.500. The molecule has 1 saturated carbocycles. The van der Waals surface area contributed by atoms with E-state index in [1.807, 2.05) is 24.3 Å². The molecule has 1 aliphatic rings. The van der Waals surface area contributed by atoms with E-state index < -0.39 is 0 Å². The lowest BCUT2D eigenvalue weighted by atomic mass is 10.00. The molecule has 1 aromatic heterocycles. The molecule has 20 heavy (non-hydrogen) atoms. The van der Waals surface area contributed by atoms with Crippen molar-refractivity contribution in [2.75, 3.05) is 0 Å². The van der Waals surface area contributed by atoms with Crippen LogP contribution in [0.1, 0.15) is 55.8 Å². The summed E-state index contributed by atoms with van der Waals surface area (Å²) in [6, 6.07) is 7.99. The first-order valence-corrected chi connectivity index (χ1v) is 7.50. The van der Waals surface area contributed by atoms with E-state index in [1.54, 1.807) is 0 Å². The highest BCUT2D eigenvalue weighted by Crippen LogP contribution is 2.31. The Morgan fingerprint density at radius 1 is 1.15 bits per heavy atom. The Balaban J connectivity index is 1.81. The van der Waals surface area contributed by atoms with Crippen molar-refractivity contribution in [3.05, 3.63) is 35.7 Å². The summed E-state index contributed by atoms with van der Waals surface area (Å²) in [6.07, 6.45) is 7.58. The Morgan fingerprint density at radius 3 is 2.70 bits per heavy atom. The van der Waals surface area contributed by atoms with Crippen LogP contribution in [0.5, 0.6) is 0 Å². The van der Waals surface area contributed by atoms with Crippen LogP contribution >= 0.6 is 0 Å². The van der Waals surface area contributed by atoms with Gasteiger partial charge in [0.2, 0.25) is 0 Å². The molecule has 0 atom stereocenters. The molecule has 0 spiro atoms. The SMILES string of the molecule is NCc1cccc(-c2nc(C3CCCCCC3)no2)c1. The van der Waals surface area contributed by atoms with Gasteiger partial charge < -0.3 is 10.3 Å². The van der Waals surface area contributed by atoms with Gasteiger partial charge in [0, 0.05) is 18.0 Å². The molecule has 0 bridgehead atoms. The number of aromatic nitrogens is 2. The van der Waals surface area contributed by atoms with Crippen molar-refractivity contribution in [1.82, 2.24) is 10.1 Å². The third-order valence-electron chi connectivity index (χ3n) is 4.07. The Bertz CT molecular complexity index is 556. The third kappa shape index (κ3) is 2.90. The minimum Gasteiger partial charge on any atom is -0.334 e. The molecule has 1 fully saturated rings. The van der Waals surface area contributed by atoms with Crippen molar-refractivity contribution in [2.45, 2.75) is 51.0 Å². The second-order valence-electron chi connectivity index (χ2n) is 5.55. The molecule has 1 aromatic carbocycles. The second kappa shape index (κ2) is 6.18. The first-order chi connectivity index (χ1) is 9.86. The molecule has 0 unspecified atom stereocenters. The van der Waals surface area contributed by atoms with E-state index in [0.29, 0.717) is 18.4 Å². The van der Waals surface area contributed by atoms with Gasteiger partial charge in [0.05, 0.1) is 0 Å². The maximum atomic E-state index is 5.67. The molecular formula is C16H21N3O. The number of hydrogen-bond donors (Lipinski definition) is 1. The zero-order chi connectivity index (χ0) is 13.8. The van der Waals surface area contributed by atoms with Gasteiger partial charge >= 0.3 is 0 Å². The van der Waals surface area contributed by atoms with Crippen LogP contribution in [0.25, 0.3) is 11.5 Å². The summed E-state index contributed by atoms with van der Waals surface area (Å²) in [6.45, 7) is 0.525. The van der Waals surface area contributed by atoms with E-state index >= 15 is 0 Å². The maximum Gasteiger partial charge on any atom is 0.257 e. The van der Waals surface area contributed by atoms with Crippen LogP contribution in [0, 0.1) is 0 Å². The van der Waals surface area contributed by atoms with Gasteiger partial charge in [0.15, 0.2) is 5.82 Å². The molecular weight excluding hydrogens is 250 g/mol. The summed E-state index contributed by atoms with van der Waals surface area (Å²) in [5, 5.41) is 4.20. The maximum absolute atomic E-state index is 5.67. The standard InChI is InChI=1S/C16H21N3O/c17-11-12-6-5-9-14(10-12)16-18-15(19-20-16)13-7-3-1-2-4-8-13/h5-6,9-10,13H,1-4,7-8,11,17H2. The minimum absolute atomic E-state index is 0.465. The zero-order valence-corrected chi connectivity index (χ0v) is 11.7. The highest BCUT2D eigenvalue weighted by atomic mass is 16.5. The largest absolute Gasteiger partial charge is 0.334 e. The number of rotatable bonds is 3. The molecule has 0 saturated heterocycles. The van der Waals surface area contributed by atoms with Gasteiger partial charge in [-0.15, -0.1) is 0 Å². The van der Waals surface area contributed by atoms with Crippen LogP contribution in [0.4, 0.5) is 0 Å². The third-order valence-corrected chi connectivity index (χ3v) is 4.07. The molecule has 106 valence electrons. The van der Waals surface area contributed by atoms with Crippen molar-refractivity contribution in [3.8, 4) is 11.5 Å². The van der Waals surface area contributed by atoms with Crippen molar-refractivity contribution in [2.24, 2.45) is 5.73 Å². The summed E-state index contributed by atoms with van der Waals surface area (Å²) >= 11 is 0. The number of nitrogens with zero attached hydrogens (tertiary/aromatic N) is 2. The molecule has 4 heteroatoms. The lowest BCUT2D eigenvalue weighted by molar-refractivity contribution is 0.410. The Hall–Kier alpha value is -1.68. The van der Waals surface area contributed by atoms with Gasteiger partial charge in [-0.05, 0) is 30.5 Å². The van der Waals surface area contributed by atoms with Gasteiger partial charge in [-0.25, -0.2) is 0 Å². The highest BCUT2D eigenvalue weighted by Gasteiger charge is 2.20. The van der Waals surface area contributed by atoms with Crippen LogP contribution in [0.3, 0.4) is 0 Å². The first-order valence-electron chi connectivity index (χ1n) is 7.50. The second-order valence-corrected chi connectivity index (χ2v) is 5.55. The van der Waals surface area contributed by atoms with Crippen LogP contribution < -0.4 is 5.73 Å². The van der Waals surface area contributed by atoms with E-state index in [0.717, 1.165) is 17.0 Å². The van der Waals surface area contributed by atoms with Crippen LogP contribution in [0.2, 0.25) is 0 Å². The summed E-state index contributed by atoms with van der Waals surface area (Å²) in [5.41, 5.74) is 7.71. The summed E-state index contributed by atoms with van der Waals surface area (Å²) < 4.78 is 5.44.